The minimum Gasteiger partial charge on any atom is -0.321 e. The number of hydrazone groups is 1. The first kappa shape index (κ1) is 12.4. The minimum atomic E-state index is -0.499. The maximum Gasteiger partial charge on any atom is 0.270 e. The number of hydrogen-bond acceptors (Lipinski definition) is 5. The summed E-state index contributed by atoms with van der Waals surface area (Å²) in [5.74, 6) is 10.9. The lowest BCUT2D eigenvalue weighted by molar-refractivity contribution is -0.384. The van der Waals surface area contributed by atoms with Gasteiger partial charge in [0.2, 0.25) is 0 Å². The molecule has 0 bridgehead atoms. The van der Waals surface area contributed by atoms with Gasteiger partial charge < -0.3 is 5.84 Å². The molecule has 0 heterocycles. The summed E-state index contributed by atoms with van der Waals surface area (Å²) < 4.78 is 0.625. The van der Waals surface area contributed by atoms with Gasteiger partial charge in [0.25, 0.3) is 5.69 Å². The van der Waals surface area contributed by atoms with Crippen molar-refractivity contribution in [3.8, 4) is 0 Å². The van der Waals surface area contributed by atoms with Gasteiger partial charge in [-0.1, -0.05) is 15.9 Å². The zero-order valence-electron chi connectivity index (χ0n) is 8.42. The lowest BCUT2D eigenvalue weighted by Crippen LogP contribution is -2.35. The van der Waals surface area contributed by atoms with E-state index in [-0.39, 0.29) is 11.5 Å². The summed E-state index contributed by atoms with van der Waals surface area (Å²) in [7, 11) is 1.54. The molecular weight excluding hydrogens is 278 g/mol. The molecule has 0 radical (unpaired) electrons. The van der Waals surface area contributed by atoms with Crippen molar-refractivity contribution < 1.29 is 4.92 Å². The number of nitrogens with two attached hydrogens (primary N) is 2. The van der Waals surface area contributed by atoms with Gasteiger partial charge in [-0.2, -0.15) is 5.10 Å². The minimum absolute atomic E-state index is 0.0544. The van der Waals surface area contributed by atoms with Crippen LogP contribution in [0.3, 0.4) is 0 Å². The van der Waals surface area contributed by atoms with Crippen LogP contribution >= 0.6 is 15.9 Å². The Labute approximate surface area is 100.0 Å². The van der Waals surface area contributed by atoms with E-state index in [0.29, 0.717) is 10.0 Å². The molecule has 1 rings (SSSR count). The molecule has 0 spiro atoms. The maximum atomic E-state index is 10.6. The second-order valence-electron chi connectivity index (χ2n) is 2.98. The average Bonchev–Trinajstić information content (AvgIpc) is 2.20. The van der Waals surface area contributed by atoms with Crippen LogP contribution in [0.1, 0.15) is 5.56 Å². The fourth-order valence-corrected chi connectivity index (χ4v) is 1.57. The number of nitrogens with zero attached hydrogens (tertiary/aromatic N) is 3. The zero-order valence-corrected chi connectivity index (χ0v) is 10.0. The van der Waals surface area contributed by atoms with E-state index in [1.165, 1.54) is 24.2 Å². The summed E-state index contributed by atoms with van der Waals surface area (Å²) in [6.07, 6.45) is 0. The van der Waals surface area contributed by atoms with Gasteiger partial charge in [0, 0.05) is 29.2 Å². The van der Waals surface area contributed by atoms with E-state index in [2.05, 4.69) is 21.0 Å². The van der Waals surface area contributed by atoms with Crippen LogP contribution < -0.4 is 11.7 Å². The smallest absolute Gasteiger partial charge is 0.270 e. The average molecular weight is 288 g/mol. The number of rotatable bonds is 2. The van der Waals surface area contributed by atoms with Crippen molar-refractivity contribution in [2.24, 2.45) is 16.8 Å². The summed E-state index contributed by atoms with van der Waals surface area (Å²) in [6.45, 7) is 0. The van der Waals surface area contributed by atoms with Gasteiger partial charge in [-0.05, 0) is 6.07 Å². The zero-order chi connectivity index (χ0) is 12.3. The summed E-state index contributed by atoms with van der Waals surface area (Å²) in [5, 5.41) is 15.3. The molecule has 0 saturated carbocycles. The highest BCUT2D eigenvalue weighted by molar-refractivity contribution is 9.10. The van der Waals surface area contributed by atoms with E-state index < -0.39 is 4.92 Å². The monoisotopic (exact) mass is 287 g/mol. The molecule has 0 atom stereocenters. The van der Waals surface area contributed by atoms with Crippen LogP contribution in [0.15, 0.2) is 27.8 Å². The van der Waals surface area contributed by atoms with E-state index in [9.17, 15) is 10.1 Å². The van der Waals surface area contributed by atoms with Crippen LogP contribution in [0.5, 0.6) is 0 Å². The highest BCUT2D eigenvalue weighted by Crippen LogP contribution is 2.23. The fraction of sp³-hybridized carbons (Fsp3) is 0.125. The third-order valence-electron chi connectivity index (χ3n) is 1.86. The van der Waals surface area contributed by atoms with Crippen molar-refractivity contribution in [3.63, 3.8) is 0 Å². The maximum absolute atomic E-state index is 10.6. The number of halogens is 1. The second-order valence-corrected chi connectivity index (χ2v) is 3.84. The quantitative estimate of drug-likeness (QED) is 0.275. The van der Waals surface area contributed by atoms with Gasteiger partial charge in [-0.15, -0.1) is 0 Å². The number of benzene rings is 1. The predicted molar refractivity (Wildman–Crippen MR) is 63.5 cm³/mol. The third-order valence-corrected chi connectivity index (χ3v) is 2.55. The number of non-ortho nitro benzene ring substituents is 1. The highest BCUT2D eigenvalue weighted by Gasteiger charge is 2.15. The number of nitro groups is 1. The van der Waals surface area contributed by atoms with Gasteiger partial charge in [0.1, 0.15) is 0 Å². The molecular formula is C8H10BrN5O2. The lowest BCUT2D eigenvalue weighted by atomic mass is 10.2. The number of nitro benzene ring substituents is 1. The molecule has 1 aromatic rings. The van der Waals surface area contributed by atoms with Crippen molar-refractivity contribution in [1.29, 1.82) is 0 Å². The Kier molecular flexibility index (Phi) is 3.80. The van der Waals surface area contributed by atoms with Gasteiger partial charge in [-0.3, -0.25) is 15.1 Å². The van der Waals surface area contributed by atoms with Crippen molar-refractivity contribution in [1.82, 2.24) is 5.01 Å². The van der Waals surface area contributed by atoms with E-state index >= 15 is 0 Å². The van der Waals surface area contributed by atoms with Gasteiger partial charge in [0.05, 0.1) is 4.92 Å². The van der Waals surface area contributed by atoms with E-state index in [1.54, 1.807) is 6.07 Å². The Morgan fingerprint density at radius 1 is 1.62 bits per heavy atom. The molecule has 7 nitrogen and oxygen atoms in total. The van der Waals surface area contributed by atoms with E-state index in [0.717, 1.165) is 0 Å². The third kappa shape index (κ3) is 2.47. The first-order chi connectivity index (χ1) is 7.47. The molecule has 0 aliphatic carbocycles. The van der Waals surface area contributed by atoms with Gasteiger partial charge in [0.15, 0.2) is 5.84 Å². The lowest BCUT2D eigenvalue weighted by Gasteiger charge is -2.15. The molecule has 4 N–H and O–H groups in total. The summed E-state index contributed by atoms with van der Waals surface area (Å²) >= 11 is 3.25. The molecule has 0 saturated heterocycles. The van der Waals surface area contributed by atoms with Crippen molar-refractivity contribution in [2.75, 3.05) is 7.05 Å². The Morgan fingerprint density at radius 2 is 2.25 bits per heavy atom. The number of hydrazine groups is 1. The SMILES string of the molecule is CN(N)/C(=N\N)c1cc([N+](=O)[O-])ccc1Br. The molecule has 0 aliphatic heterocycles. The summed E-state index contributed by atoms with van der Waals surface area (Å²) in [6, 6.07) is 4.26. The second kappa shape index (κ2) is 4.90. The molecule has 0 fully saturated rings. The molecule has 8 heteroatoms. The van der Waals surface area contributed by atoms with Crippen LogP contribution in [-0.2, 0) is 0 Å². The Balaban J connectivity index is 3.31. The molecule has 16 heavy (non-hydrogen) atoms. The van der Waals surface area contributed by atoms with Gasteiger partial charge >= 0.3 is 0 Å². The topological polar surface area (TPSA) is 111 Å². The summed E-state index contributed by atoms with van der Waals surface area (Å²) in [4.78, 5) is 10.1. The molecule has 86 valence electrons. The normalized spacial score (nSPS) is 11.3. The predicted octanol–water partition coefficient (Wildman–Crippen LogP) is 0.783. The molecule has 0 unspecified atom stereocenters. The van der Waals surface area contributed by atoms with Crippen LogP contribution in [0.25, 0.3) is 0 Å². The first-order valence-corrected chi connectivity index (χ1v) is 4.97. The van der Waals surface area contributed by atoms with Crippen LogP contribution in [0.2, 0.25) is 0 Å². The number of hydrogen-bond donors (Lipinski definition) is 2. The molecule has 1 aromatic carbocycles. The van der Waals surface area contributed by atoms with Crippen molar-refractivity contribution in [3.05, 3.63) is 38.3 Å². The number of amidine groups is 1. The largest absolute Gasteiger partial charge is 0.321 e. The Morgan fingerprint density at radius 3 is 2.69 bits per heavy atom. The Hall–Kier alpha value is -1.67. The van der Waals surface area contributed by atoms with Crippen LogP contribution in [0.4, 0.5) is 5.69 Å². The molecule has 0 amide bonds. The van der Waals surface area contributed by atoms with Crippen molar-refractivity contribution >= 4 is 27.5 Å². The summed E-state index contributed by atoms with van der Waals surface area (Å²) in [5.41, 5.74) is 0.405. The standard InChI is InChI=1S/C8H10BrN5O2/c1-13(11)8(12-10)6-4-5(14(15)16)2-3-7(6)9/h2-4H,10-11H2,1H3/b12-8-. The Bertz CT molecular complexity index is 446. The molecule has 0 aromatic heterocycles. The van der Waals surface area contributed by atoms with Crippen molar-refractivity contribution in [2.45, 2.75) is 0 Å². The first-order valence-electron chi connectivity index (χ1n) is 4.18. The van der Waals surface area contributed by atoms with E-state index in [1.807, 2.05) is 0 Å². The molecule has 0 aliphatic rings. The van der Waals surface area contributed by atoms with Crippen LogP contribution in [-0.4, -0.2) is 22.8 Å². The highest BCUT2D eigenvalue weighted by atomic mass is 79.9. The van der Waals surface area contributed by atoms with Crippen LogP contribution in [0, 0.1) is 10.1 Å². The van der Waals surface area contributed by atoms with Gasteiger partial charge in [-0.25, -0.2) is 5.84 Å². The fourth-order valence-electron chi connectivity index (χ4n) is 1.15. The van der Waals surface area contributed by atoms with E-state index in [4.69, 9.17) is 11.7 Å².